The lowest BCUT2D eigenvalue weighted by Crippen LogP contribution is -2.60. The minimum absolute atomic E-state index is 0.467. The zero-order valence-electron chi connectivity index (χ0n) is 12.4. The SMILES string of the molecule is NC1CC(NCC2(N3CCCCC3)CCCCC2)C1. The van der Waals surface area contributed by atoms with Crippen LogP contribution in [0.1, 0.15) is 64.2 Å². The summed E-state index contributed by atoms with van der Waals surface area (Å²) in [5.74, 6) is 0. The molecule has 3 N–H and O–H groups in total. The molecule has 3 fully saturated rings. The highest BCUT2D eigenvalue weighted by Gasteiger charge is 2.39. The molecule has 0 aromatic heterocycles. The fourth-order valence-corrected chi connectivity index (χ4v) is 4.35. The third-order valence-corrected chi connectivity index (χ3v) is 5.71. The van der Waals surface area contributed by atoms with E-state index in [1.165, 1.54) is 83.8 Å². The van der Waals surface area contributed by atoms with Crippen molar-refractivity contribution in [2.24, 2.45) is 5.73 Å². The van der Waals surface area contributed by atoms with Gasteiger partial charge in [-0.3, -0.25) is 4.90 Å². The molecular formula is C16H31N3. The second kappa shape index (κ2) is 6.11. The molecule has 3 heteroatoms. The highest BCUT2D eigenvalue weighted by atomic mass is 15.2. The van der Waals surface area contributed by atoms with Crippen molar-refractivity contribution >= 4 is 0 Å². The maximum atomic E-state index is 5.90. The number of hydrogen-bond acceptors (Lipinski definition) is 3. The van der Waals surface area contributed by atoms with Crippen molar-refractivity contribution in [2.75, 3.05) is 19.6 Å². The minimum atomic E-state index is 0.467. The number of hydrogen-bond donors (Lipinski definition) is 2. The van der Waals surface area contributed by atoms with E-state index < -0.39 is 0 Å². The summed E-state index contributed by atoms with van der Waals surface area (Å²) in [6, 6.07) is 1.17. The van der Waals surface area contributed by atoms with Crippen molar-refractivity contribution in [1.82, 2.24) is 10.2 Å². The topological polar surface area (TPSA) is 41.3 Å². The van der Waals surface area contributed by atoms with E-state index in [-0.39, 0.29) is 0 Å². The molecule has 1 saturated heterocycles. The van der Waals surface area contributed by atoms with Gasteiger partial charge in [0.2, 0.25) is 0 Å². The number of nitrogens with one attached hydrogen (secondary N) is 1. The molecule has 2 saturated carbocycles. The number of piperidine rings is 1. The van der Waals surface area contributed by atoms with Crippen LogP contribution in [0.25, 0.3) is 0 Å². The Balaban J connectivity index is 1.58. The van der Waals surface area contributed by atoms with Gasteiger partial charge < -0.3 is 11.1 Å². The van der Waals surface area contributed by atoms with E-state index in [2.05, 4.69) is 10.2 Å². The average molecular weight is 265 g/mol. The quantitative estimate of drug-likeness (QED) is 0.819. The third kappa shape index (κ3) is 3.14. The number of nitrogens with zero attached hydrogens (tertiary/aromatic N) is 1. The average Bonchev–Trinajstić information content (AvgIpc) is 2.44. The summed E-state index contributed by atoms with van der Waals surface area (Å²) in [5, 5.41) is 3.84. The van der Waals surface area contributed by atoms with Crippen LogP contribution in [0, 0.1) is 0 Å². The Labute approximate surface area is 118 Å². The van der Waals surface area contributed by atoms with Gasteiger partial charge >= 0.3 is 0 Å². The van der Waals surface area contributed by atoms with E-state index in [4.69, 9.17) is 5.73 Å². The maximum absolute atomic E-state index is 5.90. The Kier molecular flexibility index (Phi) is 4.45. The van der Waals surface area contributed by atoms with Gasteiger partial charge in [-0.15, -0.1) is 0 Å². The van der Waals surface area contributed by atoms with Crippen LogP contribution in [-0.4, -0.2) is 42.2 Å². The van der Waals surface area contributed by atoms with Gasteiger partial charge in [0, 0.05) is 24.2 Å². The molecule has 0 unspecified atom stereocenters. The molecule has 3 rings (SSSR count). The Hall–Kier alpha value is -0.120. The summed E-state index contributed by atoms with van der Waals surface area (Å²) in [4.78, 5) is 2.83. The molecule has 110 valence electrons. The molecule has 19 heavy (non-hydrogen) atoms. The van der Waals surface area contributed by atoms with E-state index in [0.717, 1.165) is 0 Å². The summed E-state index contributed by atoms with van der Waals surface area (Å²) in [5.41, 5.74) is 6.39. The van der Waals surface area contributed by atoms with Gasteiger partial charge in [-0.25, -0.2) is 0 Å². The van der Waals surface area contributed by atoms with Crippen LogP contribution in [0.3, 0.4) is 0 Å². The predicted octanol–water partition coefficient (Wildman–Crippen LogP) is 2.25. The van der Waals surface area contributed by atoms with Gasteiger partial charge in [-0.1, -0.05) is 25.7 Å². The van der Waals surface area contributed by atoms with Gasteiger partial charge in [-0.05, 0) is 51.6 Å². The molecule has 0 radical (unpaired) electrons. The van der Waals surface area contributed by atoms with Crippen molar-refractivity contribution in [1.29, 1.82) is 0 Å². The predicted molar refractivity (Wildman–Crippen MR) is 80.2 cm³/mol. The Morgan fingerprint density at radius 3 is 2.21 bits per heavy atom. The summed E-state index contributed by atoms with van der Waals surface area (Å²) in [6.45, 7) is 3.89. The van der Waals surface area contributed by atoms with E-state index in [1.54, 1.807) is 0 Å². The number of likely N-dealkylation sites (tertiary alicyclic amines) is 1. The van der Waals surface area contributed by atoms with Gasteiger partial charge in [0.25, 0.3) is 0 Å². The van der Waals surface area contributed by atoms with E-state index in [1.807, 2.05) is 0 Å². The zero-order valence-corrected chi connectivity index (χ0v) is 12.4. The smallest absolute Gasteiger partial charge is 0.0334 e. The summed E-state index contributed by atoms with van der Waals surface area (Å²) >= 11 is 0. The van der Waals surface area contributed by atoms with Crippen LogP contribution in [0.2, 0.25) is 0 Å². The van der Waals surface area contributed by atoms with E-state index in [0.29, 0.717) is 17.6 Å². The largest absolute Gasteiger partial charge is 0.328 e. The number of nitrogens with two attached hydrogens (primary N) is 1. The second-order valence-corrected chi connectivity index (χ2v) is 7.14. The number of rotatable bonds is 4. The van der Waals surface area contributed by atoms with Gasteiger partial charge in [0.1, 0.15) is 0 Å². The Morgan fingerprint density at radius 2 is 1.58 bits per heavy atom. The fourth-order valence-electron chi connectivity index (χ4n) is 4.35. The molecule has 0 aromatic rings. The summed E-state index contributed by atoms with van der Waals surface area (Å²) in [7, 11) is 0. The van der Waals surface area contributed by atoms with Crippen molar-refractivity contribution in [3.63, 3.8) is 0 Å². The minimum Gasteiger partial charge on any atom is -0.328 e. The first-order valence-electron chi connectivity index (χ1n) is 8.53. The van der Waals surface area contributed by atoms with Crippen LogP contribution in [0.15, 0.2) is 0 Å². The highest BCUT2D eigenvalue weighted by molar-refractivity contribution is 4.98. The first-order chi connectivity index (χ1) is 9.28. The molecule has 0 amide bonds. The van der Waals surface area contributed by atoms with Crippen LogP contribution < -0.4 is 11.1 Å². The van der Waals surface area contributed by atoms with Crippen molar-refractivity contribution < 1.29 is 0 Å². The standard InChI is InChI=1S/C16H31N3/c17-14-11-15(12-14)18-13-16(7-3-1-4-8-16)19-9-5-2-6-10-19/h14-15,18H,1-13,17H2. The normalized spacial score (nSPS) is 35.8. The van der Waals surface area contributed by atoms with Gasteiger partial charge in [0.15, 0.2) is 0 Å². The van der Waals surface area contributed by atoms with Crippen LogP contribution >= 0.6 is 0 Å². The lowest BCUT2D eigenvalue weighted by Gasteiger charge is -2.49. The molecule has 1 heterocycles. The molecule has 2 aliphatic carbocycles. The third-order valence-electron chi connectivity index (χ3n) is 5.71. The molecule has 3 aliphatic rings. The summed E-state index contributed by atoms with van der Waals surface area (Å²) < 4.78 is 0. The molecule has 0 spiro atoms. The van der Waals surface area contributed by atoms with Crippen molar-refractivity contribution in [3.05, 3.63) is 0 Å². The monoisotopic (exact) mass is 265 g/mol. The fraction of sp³-hybridized carbons (Fsp3) is 1.00. The Morgan fingerprint density at radius 1 is 0.947 bits per heavy atom. The molecular weight excluding hydrogens is 234 g/mol. The van der Waals surface area contributed by atoms with E-state index >= 15 is 0 Å². The van der Waals surface area contributed by atoms with Crippen LogP contribution in [0.5, 0.6) is 0 Å². The molecule has 3 nitrogen and oxygen atoms in total. The maximum Gasteiger partial charge on any atom is 0.0334 e. The lowest BCUT2D eigenvalue weighted by atomic mass is 9.78. The highest BCUT2D eigenvalue weighted by Crippen LogP contribution is 2.35. The van der Waals surface area contributed by atoms with Crippen molar-refractivity contribution in [2.45, 2.75) is 81.8 Å². The second-order valence-electron chi connectivity index (χ2n) is 7.14. The van der Waals surface area contributed by atoms with Gasteiger partial charge in [0.05, 0.1) is 0 Å². The van der Waals surface area contributed by atoms with E-state index in [9.17, 15) is 0 Å². The first kappa shape index (κ1) is 13.8. The van der Waals surface area contributed by atoms with Crippen molar-refractivity contribution in [3.8, 4) is 0 Å². The summed E-state index contributed by atoms with van der Waals surface area (Å²) in [6.07, 6.45) is 13.8. The lowest BCUT2D eigenvalue weighted by molar-refractivity contribution is 0.0284. The first-order valence-corrected chi connectivity index (χ1v) is 8.53. The molecule has 1 aliphatic heterocycles. The van der Waals surface area contributed by atoms with Crippen LogP contribution in [0.4, 0.5) is 0 Å². The molecule has 0 bridgehead atoms. The van der Waals surface area contributed by atoms with Gasteiger partial charge in [-0.2, -0.15) is 0 Å². The molecule has 0 aromatic carbocycles. The molecule has 0 atom stereocenters. The van der Waals surface area contributed by atoms with Crippen LogP contribution in [-0.2, 0) is 0 Å². The Bertz CT molecular complexity index is 274. The zero-order chi connectivity index (χ0) is 13.1.